The first-order valence-corrected chi connectivity index (χ1v) is 8.43. The molecule has 0 radical (unpaired) electrons. The molecule has 24 heavy (non-hydrogen) atoms. The van der Waals surface area contributed by atoms with E-state index < -0.39 is 0 Å². The van der Waals surface area contributed by atoms with Gasteiger partial charge in [0.15, 0.2) is 0 Å². The van der Waals surface area contributed by atoms with Gasteiger partial charge in [0.2, 0.25) is 11.7 Å². The van der Waals surface area contributed by atoms with E-state index in [1.165, 1.54) is 19.3 Å². The molecule has 0 aliphatic heterocycles. The van der Waals surface area contributed by atoms with Crippen molar-refractivity contribution in [3.05, 3.63) is 30.4 Å². The Morgan fingerprint density at radius 1 is 1.42 bits per heavy atom. The molecule has 4 rings (SSSR count). The van der Waals surface area contributed by atoms with Gasteiger partial charge in [0, 0.05) is 31.0 Å². The zero-order valence-electron chi connectivity index (χ0n) is 13.7. The molecule has 1 N–H and O–H groups in total. The summed E-state index contributed by atoms with van der Waals surface area (Å²) in [5.74, 6) is 2.37. The fourth-order valence-electron chi connectivity index (χ4n) is 3.90. The van der Waals surface area contributed by atoms with E-state index in [4.69, 9.17) is 4.52 Å². The second-order valence-electron chi connectivity index (χ2n) is 6.84. The van der Waals surface area contributed by atoms with Crippen molar-refractivity contribution in [1.82, 2.24) is 25.3 Å². The van der Waals surface area contributed by atoms with Gasteiger partial charge in [-0.25, -0.2) is 4.79 Å². The molecular weight excluding hydrogens is 306 g/mol. The van der Waals surface area contributed by atoms with Gasteiger partial charge in [-0.2, -0.15) is 4.98 Å². The lowest BCUT2D eigenvalue weighted by atomic mass is 9.95. The number of nitrogens with one attached hydrogen (secondary N) is 1. The molecule has 2 aliphatic carbocycles. The fraction of sp³-hybridized carbons (Fsp3) is 0.529. The molecule has 0 spiro atoms. The van der Waals surface area contributed by atoms with E-state index >= 15 is 0 Å². The third-order valence-electron chi connectivity index (χ3n) is 5.15. The lowest BCUT2D eigenvalue weighted by molar-refractivity contribution is 0.190. The molecule has 2 bridgehead atoms. The van der Waals surface area contributed by atoms with Gasteiger partial charge in [-0.3, -0.25) is 4.98 Å². The highest BCUT2D eigenvalue weighted by Gasteiger charge is 2.40. The molecule has 7 heteroatoms. The average Bonchev–Trinajstić information content (AvgIpc) is 3.32. The van der Waals surface area contributed by atoms with Gasteiger partial charge in [0.05, 0.1) is 0 Å². The summed E-state index contributed by atoms with van der Waals surface area (Å²) in [6, 6.07) is 3.94. The number of carbonyl (C=O) groups is 1. The van der Waals surface area contributed by atoms with Crippen molar-refractivity contribution in [2.24, 2.45) is 11.8 Å². The Kier molecular flexibility index (Phi) is 3.92. The lowest BCUT2D eigenvalue weighted by Gasteiger charge is -2.25. The molecule has 7 nitrogen and oxygen atoms in total. The van der Waals surface area contributed by atoms with Crippen LogP contribution in [0.2, 0.25) is 0 Å². The zero-order valence-corrected chi connectivity index (χ0v) is 13.7. The quantitative estimate of drug-likeness (QED) is 0.932. The predicted molar refractivity (Wildman–Crippen MR) is 86.8 cm³/mol. The zero-order chi connectivity index (χ0) is 16.5. The Hall–Kier alpha value is -2.44. The minimum Gasteiger partial charge on any atom is -0.337 e. The highest BCUT2D eigenvalue weighted by atomic mass is 16.5. The van der Waals surface area contributed by atoms with Crippen molar-refractivity contribution in [2.45, 2.75) is 38.3 Å². The van der Waals surface area contributed by atoms with Gasteiger partial charge in [-0.05, 0) is 43.2 Å². The van der Waals surface area contributed by atoms with Crippen molar-refractivity contribution in [3.63, 3.8) is 0 Å². The van der Waals surface area contributed by atoms with Gasteiger partial charge in [-0.1, -0.05) is 11.6 Å². The molecule has 0 unspecified atom stereocenters. The Morgan fingerprint density at radius 3 is 3.04 bits per heavy atom. The fourth-order valence-corrected chi connectivity index (χ4v) is 3.90. The van der Waals surface area contributed by atoms with Gasteiger partial charge >= 0.3 is 6.03 Å². The van der Waals surface area contributed by atoms with Crippen molar-refractivity contribution in [2.75, 3.05) is 7.05 Å². The maximum atomic E-state index is 12.4. The molecule has 2 aromatic heterocycles. The average molecular weight is 327 g/mol. The van der Waals surface area contributed by atoms with E-state index in [0.29, 0.717) is 30.2 Å². The smallest absolute Gasteiger partial charge is 0.317 e. The summed E-state index contributed by atoms with van der Waals surface area (Å²) in [6.45, 7) is 0.292. The van der Waals surface area contributed by atoms with E-state index in [2.05, 4.69) is 20.4 Å². The standard InChI is InChI=1S/C17H21N5O2/c1-22(17(23)19-14-8-11-4-5-12(14)7-11)10-15-20-16(21-24-15)13-3-2-6-18-9-13/h2-3,6,9,11-12,14H,4-5,7-8,10H2,1H3,(H,19,23)/t11-,12+,14+/m0/s1. The summed E-state index contributed by atoms with van der Waals surface area (Å²) in [7, 11) is 1.75. The van der Waals surface area contributed by atoms with Crippen LogP contribution in [-0.2, 0) is 6.54 Å². The van der Waals surface area contributed by atoms with Crippen molar-refractivity contribution in [1.29, 1.82) is 0 Å². The molecule has 2 aliphatic rings. The third-order valence-corrected chi connectivity index (χ3v) is 5.15. The first kappa shape index (κ1) is 15.1. The van der Waals surface area contributed by atoms with Crippen molar-refractivity contribution < 1.29 is 9.32 Å². The van der Waals surface area contributed by atoms with E-state index in [-0.39, 0.29) is 6.03 Å². The summed E-state index contributed by atoms with van der Waals surface area (Å²) < 4.78 is 5.25. The molecule has 0 saturated heterocycles. The molecule has 126 valence electrons. The molecule has 2 aromatic rings. The summed E-state index contributed by atoms with van der Waals surface area (Å²) in [4.78, 5) is 22.3. The van der Waals surface area contributed by atoms with Gasteiger partial charge in [0.1, 0.15) is 6.54 Å². The maximum Gasteiger partial charge on any atom is 0.317 e. The number of pyridine rings is 1. The number of amides is 2. The van der Waals surface area contributed by atoms with Crippen LogP contribution in [-0.4, -0.2) is 39.1 Å². The van der Waals surface area contributed by atoms with Gasteiger partial charge in [-0.15, -0.1) is 0 Å². The van der Waals surface area contributed by atoms with Crippen molar-refractivity contribution in [3.8, 4) is 11.4 Å². The topological polar surface area (TPSA) is 84.2 Å². The number of urea groups is 1. The number of fused-ring (bicyclic) bond motifs is 2. The highest BCUT2D eigenvalue weighted by molar-refractivity contribution is 5.74. The largest absolute Gasteiger partial charge is 0.337 e. The number of carbonyl (C=O) groups excluding carboxylic acids is 1. The molecule has 0 aromatic carbocycles. The van der Waals surface area contributed by atoms with Crippen LogP contribution < -0.4 is 5.32 Å². The van der Waals surface area contributed by atoms with E-state index in [1.807, 2.05) is 12.1 Å². The van der Waals surface area contributed by atoms with E-state index in [0.717, 1.165) is 17.9 Å². The monoisotopic (exact) mass is 327 g/mol. The summed E-state index contributed by atoms with van der Waals surface area (Å²) in [6.07, 6.45) is 8.34. The molecular formula is C17H21N5O2. The van der Waals surface area contributed by atoms with Crippen LogP contribution in [0.25, 0.3) is 11.4 Å². The Bertz CT molecular complexity index is 717. The number of hydrogen-bond donors (Lipinski definition) is 1. The lowest BCUT2D eigenvalue weighted by Crippen LogP contribution is -2.44. The predicted octanol–water partition coefficient (Wildman–Crippen LogP) is 2.46. The second kappa shape index (κ2) is 6.22. The van der Waals surface area contributed by atoms with Crippen LogP contribution >= 0.6 is 0 Å². The summed E-state index contributed by atoms with van der Waals surface area (Å²) in [5, 5.41) is 7.10. The van der Waals surface area contributed by atoms with Crippen LogP contribution in [0.1, 0.15) is 31.6 Å². The van der Waals surface area contributed by atoms with Crippen LogP contribution in [0.5, 0.6) is 0 Å². The van der Waals surface area contributed by atoms with Crippen LogP contribution in [0.15, 0.2) is 29.0 Å². The van der Waals surface area contributed by atoms with Crippen LogP contribution in [0, 0.1) is 11.8 Å². The number of rotatable bonds is 4. The summed E-state index contributed by atoms with van der Waals surface area (Å²) >= 11 is 0. The Balaban J connectivity index is 1.35. The minimum absolute atomic E-state index is 0.0753. The SMILES string of the molecule is CN(Cc1nc(-c2cccnc2)no1)C(=O)N[C@@H]1C[C@H]2CC[C@@H]1C2. The first-order chi connectivity index (χ1) is 11.7. The van der Waals surface area contributed by atoms with Crippen LogP contribution in [0.3, 0.4) is 0 Å². The number of nitrogens with zero attached hydrogens (tertiary/aromatic N) is 4. The van der Waals surface area contributed by atoms with Gasteiger partial charge in [0.25, 0.3) is 0 Å². The minimum atomic E-state index is -0.0753. The highest BCUT2D eigenvalue weighted by Crippen LogP contribution is 2.44. The van der Waals surface area contributed by atoms with Crippen LogP contribution in [0.4, 0.5) is 4.79 Å². The Labute approximate surface area is 140 Å². The molecule has 3 atom stereocenters. The third kappa shape index (κ3) is 2.98. The van der Waals surface area contributed by atoms with Gasteiger partial charge < -0.3 is 14.7 Å². The van der Waals surface area contributed by atoms with E-state index in [9.17, 15) is 4.79 Å². The molecule has 2 fully saturated rings. The normalized spacial score (nSPS) is 25.0. The number of hydrogen-bond acceptors (Lipinski definition) is 5. The summed E-state index contributed by atoms with van der Waals surface area (Å²) in [5.41, 5.74) is 0.793. The second-order valence-corrected chi connectivity index (χ2v) is 6.84. The first-order valence-electron chi connectivity index (χ1n) is 8.43. The molecule has 2 heterocycles. The molecule has 2 saturated carbocycles. The van der Waals surface area contributed by atoms with Crippen molar-refractivity contribution >= 4 is 6.03 Å². The maximum absolute atomic E-state index is 12.4. The number of aromatic nitrogens is 3. The molecule has 2 amide bonds. The Morgan fingerprint density at radius 2 is 2.33 bits per heavy atom. The van der Waals surface area contributed by atoms with E-state index in [1.54, 1.807) is 24.3 Å².